The molecular weight excluding hydrogens is 901 g/mol. The summed E-state index contributed by atoms with van der Waals surface area (Å²) in [6.07, 6.45) is 87.8. The van der Waals surface area contributed by atoms with E-state index in [0.717, 1.165) is 109 Å². The van der Waals surface area contributed by atoms with Crippen molar-refractivity contribution in [1.82, 2.24) is 0 Å². The van der Waals surface area contributed by atoms with Crippen LogP contribution in [0, 0.1) is 0 Å². The topological polar surface area (TPSA) is 78.9 Å². The minimum absolute atomic E-state index is 0.151. The summed E-state index contributed by atoms with van der Waals surface area (Å²) in [5, 5.41) is 0. The van der Waals surface area contributed by atoms with E-state index in [1.165, 1.54) is 51.4 Å². The summed E-state index contributed by atoms with van der Waals surface area (Å²) in [5.74, 6) is -1.13. The van der Waals surface area contributed by atoms with Crippen LogP contribution in [0.1, 0.15) is 213 Å². The number of carbonyl (C=O) groups is 3. The summed E-state index contributed by atoms with van der Waals surface area (Å²) in [4.78, 5) is 38.1. The van der Waals surface area contributed by atoms with Gasteiger partial charge < -0.3 is 14.2 Å². The van der Waals surface area contributed by atoms with Gasteiger partial charge in [-0.2, -0.15) is 0 Å². The van der Waals surface area contributed by atoms with Crippen molar-refractivity contribution in [2.24, 2.45) is 0 Å². The van der Waals surface area contributed by atoms with Crippen LogP contribution in [0.25, 0.3) is 0 Å². The molecule has 406 valence electrons. The predicted octanol–water partition coefficient (Wildman–Crippen LogP) is 19.5. The fourth-order valence-corrected chi connectivity index (χ4v) is 6.91. The van der Waals surface area contributed by atoms with E-state index in [1.807, 2.05) is 12.2 Å². The van der Waals surface area contributed by atoms with Crippen LogP contribution in [-0.4, -0.2) is 37.2 Å². The molecule has 0 unspecified atom stereocenters. The van der Waals surface area contributed by atoms with Crippen molar-refractivity contribution in [2.45, 2.75) is 219 Å². The van der Waals surface area contributed by atoms with Crippen LogP contribution in [0.15, 0.2) is 170 Å². The Balaban J connectivity index is 4.69. The molecule has 1 atom stereocenters. The largest absolute Gasteiger partial charge is 0.462 e. The first-order chi connectivity index (χ1) is 36.0. The van der Waals surface area contributed by atoms with Crippen LogP contribution in [0.3, 0.4) is 0 Å². The zero-order chi connectivity index (χ0) is 52.9. The summed E-state index contributed by atoms with van der Waals surface area (Å²) in [5.41, 5.74) is 0. The van der Waals surface area contributed by atoms with Gasteiger partial charge in [0.2, 0.25) is 0 Å². The lowest BCUT2D eigenvalue weighted by molar-refractivity contribution is -0.166. The second-order valence-corrected chi connectivity index (χ2v) is 18.1. The normalized spacial score (nSPS) is 13.4. The number of esters is 3. The quantitative estimate of drug-likeness (QED) is 0.0261. The SMILES string of the molecule is CC/C=C\C/C=C\C/C=C\C/C=C\C/C=C\CCCC(=O)OC[C@H](COC(=O)CCCCC/C=C\C/C=C\C/C=C\C/C=C\CCCCC)OC(=O)CC/C=C\C/C=C\C/C=C\C/C=C\C/C=C\CCCCC. The van der Waals surface area contributed by atoms with E-state index in [9.17, 15) is 14.4 Å². The third-order valence-electron chi connectivity index (χ3n) is 11.2. The summed E-state index contributed by atoms with van der Waals surface area (Å²) in [6, 6.07) is 0. The van der Waals surface area contributed by atoms with Gasteiger partial charge in [-0.1, -0.05) is 223 Å². The average molecular weight is 1000 g/mol. The summed E-state index contributed by atoms with van der Waals surface area (Å²) >= 11 is 0. The van der Waals surface area contributed by atoms with Crippen LogP contribution >= 0.6 is 0 Å². The van der Waals surface area contributed by atoms with Gasteiger partial charge in [0.15, 0.2) is 6.10 Å². The number of carbonyl (C=O) groups excluding carboxylic acids is 3. The zero-order valence-corrected chi connectivity index (χ0v) is 46.3. The molecule has 6 nitrogen and oxygen atoms in total. The Bertz CT molecular complexity index is 1720. The number of allylic oxidation sites excluding steroid dienone is 28. The second-order valence-electron chi connectivity index (χ2n) is 18.1. The lowest BCUT2D eigenvalue weighted by Crippen LogP contribution is -2.30. The summed E-state index contributed by atoms with van der Waals surface area (Å²) < 4.78 is 16.7. The Morgan fingerprint density at radius 2 is 0.575 bits per heavy atom. The van der Waals surface area contributed by atoms with Gasteiger partial charge in [0.25, 0.3) is 0 Å². The molecular formula is C67H102O6. The van der Waals surface area contributed by atoms with E-state index in [4.69, 9.17) is 14.2 Å². The van der Waals surface area contributed by atoms with Crippen LogP contribution in [0.2, 0.25) is 0 Å². The molecule has 0 saturated heterocycles. The lowest BCUT2D eigenvalue weighted by atomic mass is 10.1. The van der Waals surface area contributed by atoms with E-state index in [0.29, 0.717) is 12.8 Å². The molecule has 0 aliphatic carbocycles. The van der Waals surface area contributed by atoms with Gasteiger partial charge in [0.1, 0.15) is 13.2 Å². The molecule has 0 radical (unpaired) electrons. The fraction of sp³-hybridized carbons (Fsp3) is 0.537. The molecule has 0 aromatic heterocycles. The Kier molecular flexibility index (Phi) is 55.1. The Morgan fingerprint density at radius 3 is 0.918 bits per heavy atom. The number of unbranched alkanes of at least 4 members (excludes halogenated alkanes) is 10. The van der Waals surface area contributed by atoms with Crippen molar-refractivity contribution in [3.63, 3.8) is 0 Å². The predicted molar refractivity (Wildman–Crippen MR) is 315 cm³/mol. The minimum Gasteiger partial charge on any atom is -0.462 e. The molecule has 0 aromatic rings. The zero-order valence-electron chi connectivity index (χ0n) is 46.3. The maximum atomic E-state index is 12.8. The first-order valence-corrected chi connectivity index (χ1v) is 28.6. The summed E-state index contributed by atoms with van der Waals surface area (Å²) in [7, 11) is 0. The average Bonchev–Trinajstić information content (AvgIpc) is 3.39. The molecule has 6 heteroatoms. The third-order valence-corrected chi connectivity index (χ3v) is 11.2. The number of rotatable bonds is 49. The van der Waals surface area contributed by atoms with Crippen molar-refractivity contribution < 1.29 is 28.6 Å². The van der Waals surface area contributed by atoms with Gasteiger partial charge in [-0.15, -0.1) is 0 Å². The van der Waals surface area contributed by atoms with E-state index in [2.05, 4.69) is 179 Å². The van der Waals surface area contributed by atoms with Gasteiger partial charge in [-0.05, 0) is 141 Å². The molecule has 0 amide bonds. The maximum absolute atomic E-state index is 12.8. The van der Waals surface area contributed by atoms with Crippen molar-refractivity contribution in [3.8, 4) is 0 Å². The third kappa shape index (κ3) is 57.5. The number of hydrogen-bond donors (Lipinski definition) is 0. The number of hydrogen-bond acceptors (Lipinski definition) is 6. The Hall–Kier alpha value is -5.23. The smallest absolute Gasteiger partial charge is 0.306 e. The van der Waals surface area contributed by atoms with Crippen molar-refractivity contribution in [2.75, 3.05) is 13.2 Å². The van der Waals surface area contributed by atoms with Crippen LogP contribution in [0.4, 0.5) is 0 Å². The standard InChI is InChI=1S/C67H102O6/c1-4-7-10-13-16-19-22-25-28-31-33-36-39-42-45-48-51-54-57-60-66(69)72-63-64(62-71-65(68)59-56-53-50-47-44-41-38-35-30-27-24-21-18-15-12-9-6-3)73-67(70)61-58-55-52-49-46-43-40-37-34-32-29-26-23-20-17-14-11-8-5-2/h9,12,16-21,25-30,33-34,36-38,41-43,45-47,50,52,55,64H,4-8,10-11,13-15,22-24,31-32,35,39-40,44,48-49,51,53-54,56-63H2,1-3H3/b12-9-,19-16-,20-17-,21-18-,28-25-,29-26-,30-27-,36-33-,37-34-,41-38-,45-42-,46-43-,50-47-,55-52-/t64-/m1/s1. The molecule has 73 heavy (non-hydrogen) atoms. The van der Waals surface area contributed by atoms with Crippen molar-refractivity contribution >= 4 is 17.9 Å². The van der Waals surface area contributed by atoms with E-state index >= 15 is 0 Å². The maximum Gasteiger partial charge on any atom is 0.306 e. The Morgan fingerprint density at radius 1 is 0.288 bits per heavy atom. The molecule has 0 fully saturated rings. The van der Waals surface area contributed by atoms with Crippen LogP contribution in [-0.2, 0) is 28.6 Å². The molecule has 0 bridgehead atoms. The highest BCUT2D eigenvalue weighted by molar-refractivity contribution is 5.71. The molecule has 0 aromatic carbocycles. The molecule has 0 rings (SSSR count). The minimum atomic E-state index is -0.864. The van der Waals surface area contributed by atoms with Crippen molar-refractivity contribution in [1.29, 1.82) is 0 Å². The molecule has 0 spiro atoms. The summed E-state index contributed by atoms with van der Waals surface area (Å²) in [6.45, 7) is 6.31. The Labute approximate surface area is 447 Å². The molecule has 0 aliphatic heterocycles. The monoisotopic (exact) mass is 1000 g/mol. The highest BCUT2D eigenvalue weighted by Gasteiger charge is 2.19. The number of ether oxygens (including phenoxy) is 3. The molecule has 0 heterocycles. The first kappa shape index (κ1) is 67.8. The molecule has 0 N–H and O–H groups in total. The van der Waals surface area contributed by atoms with Crippen molar-refractivity contribution in [3.05, 3.63) is 170 Å². The second kappa shape index (κ2) is 59.3. The van der Waals surface area contributed by atoms with E-state index in [-0.39, 0.29) is 44.4 Å². The van der Waals surface area contributed by atoms with Gasteiger partial charge >= 0.3 is 17.9 Å². The molecule has 0 aliphatic rings. The first-order valence-electron chi connectivity index (χ1n) is 28.6. The molecule has 0 saturated carbocycles. The van der Waals surface area contributed by atoms with E-state index < -0.39 is 12.1 Å². The lowest BCUT2D eigenvalue weighted by Gasteiger charge is -2.18. The highest BCUT2D eigenvalue weighted by Crippen LogP contribution is 2.10. The highest BCUT2D eigenvalue weighted by atomic mass is 16.6. The fourth-order valence-electron chi connectivity index (χ4n) is 6.91. The van der Waals surface area contributed by atoms with Crippen LogP contribution < -0.4 is 0 Å². The van der Waals surface area contributed by atoms with Crippen LogP contribution in [0.5, 0.6) is 0 Å². The van der Waals surface area contributed by atoms with Gasteiger partial charge in [-0.25, -0.2) is 0 Å². The van der Waals surface area contributed by atoms with Gasteiger partial charge in [0.05, 0.1) is 0 Å². The van der Waals surface area contributed by atoms with Gasteiger partial charge in [0, 0.05) is 19.3 Å². The van der Waals surface area contributed by atoms with E-state index in [1.54, 1.807) is 0 Å². The van der Waals surface area contributed by atoms with Gasteiger partial charge in [-0.3, -0.25) is 14.4 Å².